The number of aromatic nitrogens is 4. The second kappa shape index (κ2) is 8.02. The van der Waals surface area contributed by atoms with Crippen molar-refractivity contribution in [3.8, 4) is 17.2 Å². The number of fused-ring (bicyclic) bond motifs is 2. The van der Waals surface area contributed by atoms with Gasteiger partial charge in [-0.2, -0.15) is 10.2 Å². The van der Waals surface area contributed by atoms with Crippen molar-refractivity contribution < 1.29 is 14.3 Å². The van der Waals surface area contributed by atoms with Gasteiger partial charge in [-0.15, -0.1) is 0 Å². The molecule has 3 heterocycles. The summed E-state index contributed by atoms with van der Waals surface area (Å²) in [5, 5.41) is 12.7. The van der Waals surface area contributed by atoms with Crippen LogP contribution in [0.3, 0.4) is 0 Å². The summed E-state index contributed by atoms with van der Waals surface area (Å²) in [5.74, 6) is 1.16. The lowest BCUT2D eigenvalue weighted by Crippen LogP contribution is -2.31. The van der Waals surface area contributed by atoms with E-state index in [1.54, 1.807) is 29.1 Å². The van der Waals surface area contributed by atoms with Crippen LogP contribution in [-0.2, 0) is 11.3 Å². The molecule has 9 nitrogen and oxygen atoms in total. The van der Waals surface area contributed by atoms with E-state index in [4.69, 9.17) is 9.47 Å². The monoisotopic (exact) mass is 457 g/mol. The van der Waals surface area contributed by atoms with Gasteiger partial charge in [0.2, 0.25) is 5.91 Å². The standard InChI is InChI=1S/C25H23N5O4/c1-15-4-2-3-5-19(15)30-24-18(13-26-30)23(16-6-7-16)28-29(25(24)32)14-22(31)27-17-8-9-20-21(12-17)34-11-10-33-20/h2-5,8-9,12-13,16H,6-7,10-11,14H2,1H3,(H,27,31). The third-order valence-electron chi connectivity index (χ3n) is 6.14. The van der Waals surface area contributed by atoms with Gasteiger partial charge >= 0.3 is 0 Å². The minimum Gasteiger partial charge on any atom is -0.486 e. The number of hydrogen-bond donors (Lipinski definition) is 1. The van der Waals surface area contributed by atoms with Crippen LogP contribution in [0.4, 0.5) is 5.69 Å². The Labute approximate surface area is 194 Å². The zero-order valence-electron chi connectivity index (χ0n) is 18.7. The van der Waals surface area contributed by atoms with E-state index in [1.807, 2.05) is 31.2 Å². The van der Waals surface area contributed by atoms with Gasteiger partial charge in [0.15, 0.2) is 11.5 Å². The van der Waals surface area contributed by atoms with Crippen molar-refractivity contribution in [2.24, 2.45) is 0 Å². The van der Waals surface area contributed by atoms with E-state index < -0.39 is 0 Å². The van der Waals surface area contributed by atoms with Gasteiger partial charge in [0, 0.05) is 23.1 Å². The van der Waals surface area contributed by atoms with Crippen LogP contribution in [0.5, 0.6) is 11.5 Å². The summed E-state index contributed by atoms with van der Waals surface area (Å²) < 4.78 is 14.0. The number of anilines is 1. The molecule has 0 saturated heterocycles. The summed E-state index contributed by atoms with van der Waals surface area (Å²) in [4.78, 5) is 26.4. The maximum absolute atomic E-state index is 13.5. The van der Waals surface area contributed by atoms with Gasteiger partial charge in [-0.1, -0.05) is 18.2 Å². The van der Waals surface area contributed by atoms with Gasteiger partial charge in [0.1, 0.15) is 25.3 Å². The highest BCUT2D eigenvalue weighted by Crippen LogP contribution is 2.41. The molecule has 172 valence electrons. The molecule has 0 radical (unpaired) electrons. The lowest BCUT2D eigenvalue weighted by molar-refractivity contribution is -0.117. The highest BCUT2D eigenvalue weighted by molar-refractivity contribution is 5.91. The Kier molecular flexibility index (Phi) is 4.83. The van der Waals surface area contributed by atoms with Crippen LogP contribution in [0, 0.1) is 6.92 Å². The molecule has 9 heteroatoms. The Bertz CT molecular complexity index is 1480. The number of hydrogen-bond acceptors (Lipinski definition) is 6. The Morgan fingerprint density at radius 1 is 1.12 bits per heavy atom. The van der Waals surface area contributed by atoms with E-state index in [9.17, 15) is 9.59 Å². The number of aryl methyl sites for hydroxylation is 1. The number of ether oxygens (including phenoxy) is 2. The summed E-state index contributed by atoms with van der Waals surface area (Å²) >= 11 is 0. The first-order valence-electron chi connectivity index (χ1n) is 11.3. The molecular formula is C25H23N5O4. The number of carbonyl (C=O) groups is 1. The van der Waals surface area contributed by atoms with E-state index in [0.717, 1.165) is 35.2 Å². The second-order valence-electron chi connectivity index (χ2n) is 8.63. The van der Waals surface area contributed by atoms with Crippen molar-refractivity contribution >= 4 is 22.5 Å². The maximum Gasteiger partial charge on any atom is 0.293 e. The Balaban J connectivity index is 1.36. The van der Waals surface area contributed by atoms with Crippen LogP contribution in [0.1, 0.15) is 30.0 Å². The molecule has 1 saturated carbocycles. The largest absolute Gasteiger partial charge is 0.486 e. The summed E-state index contributed by atoms with van der Waals surface area (Å²) in [6, 6.07) is 13.0. The van der Waals surface area contributed by atoms with Crippen molar-refractivity contribution in [3.05, 3.63) is 70.3 Å². The molecule has 1 aliphatic heterocycles. The van der Waals surface area contributed by atoms with E-state index >= 15 is 0 Å². The third-order valence-corrected chi connectivity index (χ3v) is 6.14. The van der Waals surface area contributed by atoms with Crippen LogP contribution in [-0.4, -0.2) is 38.7 Å². The normalized spacial score (nSPS) is 14.9. The predicted octanol–water partition coefficient (Wildman–Crippen LogP) is 3.18. The number of para-hydroxylation sites is 1. The number of nitrogens with one attached hydrogen (secondary N) is 1. The molecule has 6 rings (SSSR count). The molecule has 2 aliphatic rings. The maximum atomic E-state index is 13.5. The van der Waals surface area contributed by atoms with Gasteiger partial charge in [-0.3, -0.25) is 9.59 Å². The fourth-order valence-electron chi connectivity index (χ4n) is 4.30. The molecule has 1 amide bonds. The minimum atomic E-state index is -0.352. The molecule has 0 unspecified atom stereocenters. The first-order valence-corrected chi connectivity index (χ1v) is 11.3. The second-order valence-corrected chi connectivity index (χ2v) is 8.63. The van der Waals surface area contributed by atoms with Crippen LogP contribution in [0.2, 0.25) is 0 Å². The van der Waals surface area contributed by atoms with Gasteiger partial charge in [-0.25, -0.2) is 9.36 Å². The minimum absolute atomic E-state index is 0.206. The SMILES string of the molecule is Cc1ccccc1-n1ncc2c(C3CC3)nn(CC(=O)Nc3ccc4c(c3)OCCO4)c(=O)c21. The van der Waals surface area contributed by atoms with Crippen molar-refractivity contribution in [2.75, 3.05) is 18.5 Å². The Morgan fingerprint density at radius 2 is 1.91 bits per heavy atom. The van der Waals surface area contributed by atoms with Gasteiger partial charge < -0.3 is 14.8 Å². The zero-order valence-corrected chi connectivity index (χ0v) is 18.7. The fourth-order valence-corrected chi connectivity index (χ4v) is 4.30. The first-order chi connectivity index (χ1) is 16.6. The van der Waals surface area contributed by atoms with Crippen LogP contribution in [0.25, 0.3) is 16.6 Å². The lowest BCUT2D eigenvalue weighted by atomic mass is 10.2. The van der Waals surface area contributed by atoms with E-state index in [1.165, 1.54) is 4.68 Å². The number of amides is 1. The lowest BCUT2D eigenvalue weighted by Gasteiger charge is -2.19. The van der Waals surface area contributed by atoms with Crippen molar-refractivity contribution in [1.29, 1.82) is 0 Å². The van der Waals surface area contributed by atoms with Crippen LogP contribution in [0.15, 0.2) is 53.5 Å². The molecular weight excluding hydrogens is 434 g/mol. The molecule has 0 spiro atoms. The summed E-state index contributed by atoms with van der Waals surface area (Å²) in [6.45, 7) is 2.73. The number of rotatable bonds is 5. The average molecular weight is 457 g/mol. The molecule has 2 aromatic carbocycles. The van der Waals surface area contributed by atoms with E-state index in [2.05, 4.69) is 15.5 Å². The Hall–Kier alpha value is -4.14. The Morgan fingerprint density at radius 3 is 2.71 bits per heavy atom. The summed E-state index contributed by atoms with van der Waals surface area (Å²) in [7, 11) is 0. The molecule has 0 atom stereocenters. The number of nitrogens with zero attached hydrogens (tertiary/aromatic N) is 4. The summed E-state index contributed by atoms with van der Waals surface area (Å²) in [6.07, 6.45) is 3.74. The third kappa shape index (κ3) is 3.59. The van der Waals surface area contributed by atoms with Crippen molar-refractivity contribution in [1.82, 2.24) is 19.6 Å². The molecule has 4 aromatic rings. The summed E-state index contributed by atoms with van der Waals surface area (Å²) in [5.41, 5.74) is 3.31. The molecule has 1 fully saturated rings. The number of benzene rings is 2. The first kappa shape index (κ1) is 20.5. The molecule has 1 aliphatic carbocycles. The van der Waals surface area contributed by atoms with Crippen LogP contribution >= 0.6 is 0 Å². The molecule has 0 bridgehead atoms. The fraction of sp³-hybridized carbons (Fsp3) is 0.280. The smallest absolute Gasteiger partial charge is 0.293 e. The molecule has 2 aromatic heterocycles. The number of carbonyl (C=O) groups excluding carboxylic acids is 1. The highest BCUT2D eigenvalue weighted by Gasteiger charge is 2.30. The predicted molar refractivity (Wildman–Crippen MR) is 126 cm³/mol. The zero-order chi connectivity index (χ0) is 23.2. The van der Waals surface area contributed by atoms with Crippen molar-refractivity contribution in [2.45, 2.75) is 32.2 Å². The van der Waals surface area contributed by atoms with Gasteiger partial charge in [-0.05, 0) is 43.5 Å². The quantitative estimate of drug-likeness (QED) is 0.494. The van der Waals surface area contributed by atoms with Crippen molar-refractivity contribution in [3.63, 3.8) is 0 Å². The average Bonchev–Trinajstić information content (AvgIpc) is 3.59. The molecule has 1 N–H and O–H groups in total. The van der Waals surface area contributed by atoms with Crippen LogP contribution < -0.4 is 20.3 Å². The van der Waals surface area contributed by atoms with E-state index in [0.29, 0.717) is 35.9 Å². The van der Waals surface area contributed by atoms with Gasteiger partial charge in [0.05, 0.1) is 17.6 Å². The topological polar surface area (TPSA) is 100 Å². The van der Waals surface area contributed by atoms with Gasteiger partial charge in [0.25, 0.3) is 5.56 Å². The molecule has 34 heavy (non-hydrogen) atoms. The van der Waals surface area contributed by atoms with E-state index in [-0.39, 0.29) is 23.9 Å². The highest BCUT2D eigenvalue weighted by atomic mass is 16.6.